The predicted octanol–water partition coefficient (Wildman–Crippen LogP) is 4.44. The van der Waals surface area contributed by atoms with Gasteiger partial charge in [-0.1, -0.05) is 6.92 Å². The van der Waals surface area contributed by atoms with Gasteiger partial charge in [-0.15, -0.1) is 11.3 Å². The summed E-state index contributed by atoms with van der Waals surface area (Å²) < 4.78 is 8.90. The molecule has 0 aliphatic carbocycles. The van der Waals surface area contributed by atoms with Crippen molar-refractivity contribution >= 4 is 39.0 Å². The van der Waals surface area contributed by atoms with E-state index in [9.17, 15) is 10.1 Å². The van der Waals surface area contributed by atoms with Crippen molar-refractivity contribution in [2.24, 2.45) is 0 Å². The smallest absolute Gasteiger partial charge is 0.239 e. The van der Waals surface area contributed by atoms with Crippen LogP contribution in [0.1, 0.15) is 41.5 Å². The largest absolute Gasteiger partial charge is 0.376 e. The summed E-state index contributed by atoms with van der Waals surface area (Å²) in [7, 11) is 0. The van der Waals surface area contributed by atoms with E-state index in [0.29, 0.717) is 17.9 Å². The molecule has 156 valence electrons. The fraction of sp³-hybridized carbons (Fsp3) is 0.524. The van der Waals surface area contributed by atoms with Gasteiger partial charge in [-0.2, -0.15) is 5.26 Å². The lowest BCUT2D eigenvalue weighted by Crippen LogP contribution is -2.33. The molecular formula is C21H27BrN4O2S. The number of nitrogens with zero attached hydrogens (tertiary/aromatic N) is 3. The van der Waals surface area contributed by atoms with Gasteiger partial charge in [-0.3, -0.25) is 9.69 Å². The Morgan fingerprint density at radius 3 is 2.86 bits per heavy atom. The molecule has 1 amide bonds. The van der Waals surface area contributed by atoms with E-state index in [1.165, 1.54) is 4.88 Å². The molecule has 1 unspecified atom stereocenters. The van der Waals surface area contributed by atoms with E-state index in [-0.39, 0.29) is 18.6 Å². The molecule has 8 heteroatoms. The van der Waals surface area contributed by atoms with Crippen LogP contribution in [0.3, 0.4) is 0 Å². The van der Waals surface area contributed by atoms with Crippen molar-refractivity contribution in [3.63, 3.8) is 0 Å². The Hall–Kier alpha value is -1.66. The Balaban J connectivity index is 1.74. The van der Waals surface area contributed by atoms with Crippen molar-refractivity contribution in [2.45, 2.75) is 52.8 Å². The summed E-state index contributed by atoms with van der Waals surface area (Å²) in [6, 6.07) is 6.37. The number of nitriles is 1. The van der Waals surface area contributed by atoms with Crippen molar-refractivity contribution in [2.75, 3.05) is 25.0 Å². The molecule has 0 spiro atoms. The van der Waals surface area contributed by atoms with Gasteiger partial charge < -0.3 is 14.6 Å². The number of anilines is 1. The van der Waals surface area contributed by atoms with Gasteiger partial charge in [0.15, 0.2) is 0 Å². The lowest BCUT2D eigenvalue weighted by molar-refractivity contribution is -0.117. The number of thiophene rings is 1. The Kier molecular flexibility index (Phi) is 7.52. The summed E-state index contributed by atoms with van der Waals surface area (Å²) in [4.78, 5) is 16.1. The number of amides is 1. The second-order valence-corrected chi connectivity index (χ2v) is 9.90. The number of ether oxygens (including phenoxy) is 1. The first-order valence-corrected chi connectivity index (χ1v) is 11.5. The van der Waals surface area contributed by atoms with Crippen LogP contribution >= 0.6 is 27.3 Å². The maximum atomic E-state index is 12.8. The summed E-state index contributed by atoms with van der Waals surface area (Å²) in [6.45, 7) is 9.18. The maximum absolute atomic E-state index is 12.8. The van der Waals surface area contributed by atoms with Crippen LogP contribution in [-0.4, -0.2) is 41.2 Å². The second kappa shape index (κ2) is 9.90. The first-order chi connectivity index (χ1) is 13.9. The van der Waals surface area contributed by atoms with Crippen molar-refractivity contribution in [3.8, 4) is 6.07 Å². The van der Waals surface area contributed by atoms with Crippen LogP contribution in [0.2, 0.25) is 0 Å². The number of carbonyl (C=O) groups is 1. The third kappa shape index (κ3) is 5.28. The van der Waals surface area contributed by atoms with Crippen LogP contribution < -0.4 is 5.32 Å². The highest BCUT2D eigenvalue weighted by Crippen LogP contribution is 2.28. The van der Waals surface area contributed by atoms with Crippen LogP contribution in [0.4, 0.5) is 5.82 Å². The van der Waals surface area contributed by atoms with E-state index in [1.807, 2.05) is 31.4 Å². The lowest BCUT2D eigenvalue weighted by Gasteiger charge is -2.20. The first kappa shape index (κ1) is 22.0. The van der Waals surface area contributed by atoms with Crippen LogP contribution in [0, 0.1) is 25.2 Å². The SMILES string of the molecule is CCN(CC(=O)Nc1c(C#N)c(C)c(C)n1CC1CCCO1)Cc1ccc(Br)s1. The third-order valence-electron chi connectivity index (χ3n) is 5.43. The number of carbonyl (C=O) groups excluding carboxylic acids is 1. The van der Waals surface area contributed by atoms with E-state index in [0.717, 1.165) is 47.6 Å². The zero-order chi connectivity index (χ0) is 21.0. The summed E-state index contributed by atoms with van der Waals surface area (Å²) in [5, 5.41) is 12.7. The van der Waals surface area contributed by atoms with Gasteiger partial charge in [-0.05, 0) is 66.9 Å². The highest BCUT2D eigenvalue weighted by atomic mass is 79.9. The first-order valence-electron chi connectivity index (χ1n) is 9.90. The van der Waals surface area contributed by atoms with E-state index in [4.69, 9.17) is 4.74 Å². The molecule has 2 aromatic rings. The number of nitrogens with one attached hydrogen (secondary N) is 1. The second-order valence-electron chi connectivity index (χ2n) is 7.35. The van der Waals surface area contributed by atoms with Crippen LogP contribution in [0.15, 0.2) is 15.9 Å². The monoisotopic (exact) mass is 478 g/mol. The molecule has 3 heterocycles. The summed E-state index contributed by atoms with van der Waals surface area (Å²) in [5.74, 6) is 0.489. The average Bonchev–Trinajstić information content (AvgIpc) is 3.40. The van der Waals surface area contributed by atoms with Gasteiger partial charge in [-0.25, -0.2) is 0 Å². The van der Waals surface area contributed by atoms with Gasteiger partial charge in [0.1, 0.15) is 11.9 Å². The molecule has 1 N–H and O–H groups in total. The highest BCUT2D eigenvalue weighted by molar-refractivity contribution is 9.11. The normalized spacial score (nSPS) is 16.3. The number of hydrogen-bond donors (Lipinski definition) is 1. The maximum Gasteiger partial charge on any atom is 0.239 e. The topological polar surface area (TPSA) is 70.3 Å². The molecule has 0 saturated carbocycles. The van der Waals surface area contributed by atoms with Crippen molar-refractivity contribution in [3.05, 3.63) is 37.6 Å². The van der Waals surface area contributed by atoms with Crippen molar-refractivity contribution < 1.29 is 9.53 Å². The Bertz CT molecular complexity index is 909. The minimum atomic E-state index is -0.106. The number of hydrogen-bond acceptors (Lipinski definition) is 5. The standard InChI is InChI=1S/C21H27BrN4O2S/c1-4-25(12-17-7-8-19(22)29-17)13-20(27)24-21-18(10-23)14(2)15(3)26(21)11-16-6-5-9-28-16/h7-8,16H,4-6,9,11-13H2,1-3H3,(H,24,27). The zero-order valence-corrected chi connectivity index (χ0v) is 19.5. The molecule has 1 saturated heterocycles. The van der Waals surface area contributed by atoms with Gasteiger partial charge in [0, 0.05) is 23.7 Å². The summed E-state index contributed by atoms with van der Waals surface area (Å²) in [6.07, 6.45) is 2.19. The fourth-order valence-corrected chi connectivity index (χ4v) is 5.19. The molecule has 3 rings (SSSR count). The molecule has 1 aliphatic heterocycles. The predicted molar refractivity (Wildman–Crippen MR) is 119 cm³/mol. The number of halogens is 1. The lowest BCUT2D eigenvalue weighted by atomic mass is 10.2. The molecule has 0 aromatic carbocycles. The van der Waals surface area contributed by atoms with Crippen LogP contribution in [0.5, 0.6) is 0 Å². The van der Waals surface area contributed by atoms with E-state index in [1.54, 1.807) is 11.3 Å². The fourth-order valence-electron chi connectivity index (χ4n) is 3.66. The zero-order valence-electron chi connectivity index (χ0n) is 17.1. The molecule has 29 heavy (non-hydrogen) atoms. The molecule has 1 aliphatic rings. The number of likely N-dealkylation sites (N-methyl/N-ethyl adjacent to an activating group) is 1. The number of rotatable bonds is 8. The third-order valence-corrected chi connectivity index (χ3v) is 7.04. The minimum Gasteiger partial charge on any atom is -0.376 e. The Morgan fingerprint density at radius 1 is 1.48 bits per heavy atom. The molecule has 6 nitrogen and oxygen atoms in total. The van der Waals surface area contributed by atoms with Crippen molar-refractivity contribution in [1.82, 2.24) is 9.47 Å². The van der Waals surface area contributed by atoms with Gasteiger partial charge in [0.25, 0.3) is 0 Å². The summed E-state index contributed by atoms with van der Waals surface area (Å²) in [5.41, 5.74) is 2.46. The van der Waals surface area contributed by atoms with Gasteiger partial charge >= 0.3 is 0 Å². The molecule has 1 atom stereocenters. The van der Waals surface area contributed by atoms with Crippen LogP contribution in [-0.2, 0) is 22.6 Å². The Labute approximate surface area is 184 Å². The summed E-state index contributed by atoms with van der Waals surface area (Å²) >= 11 is 5.16. The molecular weight excluding hydrogens is 452 g/mol. The van der Waals surface area contributed by atoms with Crippen LogP contribution in [0.25, 0.3) is 0 Å². The Morgan fingerprint density at radius 2 is 2.28 bits per heavy atom. The van der Waals surface area contributed by atoms with Gasteiger partial charge in [0.2, 0.25) is 5.91 Å². The minimum absolute atomic E-state index is 0.106. The highest BCUT2D eigenvalue weighted by Gasteiger charge is 2.24. The van der Waals surface area contributed by atoms with Crippen molar-refractivity contribution in [1.29, 1.82) is 5.26 Å². The molecule has 0 radical (unpaired) electrons. The molecule has 2 aromatic heterocycles. The molecule has 1 fully saturated rings. The number of aromatic nitrogens is 1. The molecule has 0 bridgehead atoms. The van der Waals surface area contributed by atoms with Gasteiger partial charge in [0.05, 0.1) is 28.5 Å². The van der Waals surface area contributed by atoms with E-state index in [2.05, 4.69) is 38.3 Å². The van der Waals surface area contributed by atoms with E-state index >= 15 is 0 Å². The van der Waals surface area contributed by atoms with E-state index < -0.39 is 0 Å². The average molecular weight is 479 g/mol. The quantitative estimate of drug-likeness (QED) is 0.608.